The fourth-order valence-corrected chi connectivity index (χ4v) is 4.14. The molecule has 3 unspecified atom stereocenters. The van der Waals surface area contributed by atoms with Crippen molar-refractivity contribution < 1.29 is 13.5 Å². The van der Waals surface area contributed by atoms with Gasteiger partial charge >= 0.3 is 0 Å². The number of nitrogen functional groups attached to an aromatic ring is 1. The number of fused-ring (bicyclic) bond motifs is 1. The zero-order chi connectivity index (χ0) is 14.5. The van der Waals surface area contributed by atoms with Crippen LogP contribution in [0, 0.1) is 11.8 Å². The van der Waals surface area contributed by atoms with Crippen molar-refractivity contribution in [3.63, 3.8) is 0 Å². The van der Waals surface area contributed by atoms with Crippen LogP contribution in [-0.2, 0) is 9.84 Å². The average Bonchev–Trinajstić information content (AvgIpc) is 2.91. The zero-order valence-electron chi connectivity index (χ0n) is 11.5. The van der Waals surface area contributed by atoms with Gasteiger partial charge in [0.1, 0.15) is 0 Å². The standard InChI is InChI=1S/C14H20N2O3S/c1-20(18,19)10-3-4-13(12(15)6-10)16-7-9-2-5-14(17)11(9)8-16/h3-4,6,9,11,14,17H,2,5,7-8,15H2,1H3. The van der Waals surface area contributed by atoms with Crippen molar-refractivity contribution in [2.75, 3.05) is 30.0 Å². The van der Waals surface area contributed by atoms with Crippen LogP contribution in [0.25, 0.3) is 0 Å². The summed E-state index contributed by atoms with van der Waals surface area (Å²) in [5, 5.41) is 9.95. The van der Waals surface area contributed by atoms with Crippen LogP contribution in [0.15, 0.2) is 23.1 Å². The molecule has 0 amide bonds. The van der Waals surface area contributed by atoms with Gasteiger partial charge in [-0.05, 0) is 37.0 Å². The molecule has 1 saturated carbocycles. The summed E-state index contributed by atoms with van der Waals surface area (Å²) in [4.78, 5) is 2.41. The smallest absolute Gasteiger partial charge is 0.175 e. The quantitative estimate of drug-likeness (QED) is 0.792. The van der Waals surface area contributed by atoms with E-state index in [4.69, 9.17) is 5.73 Å². The molecule has 0 spiro atoms. The normalized spacial score (nSPS) is 29.7. The average molecular weight is 296 g/mol. The molecule has 0 radical (unpaired) electrons. The van der Waals surface area contributed by atoms with Crippen molar-refractivity contribution in [1.82, 2.24) is 0 Å². The van der Waals surface area contributed by atoms with Gasteiger partial charge in [-0.15, -0.1) is 0 Å². The SMILES string of the molecule is CS(=O)(=O)c1ccc(N2CC3CCC(O)C3C2)c(N)c1. The van der Waals surface area contributed by atoms with Crippen molar-refractivity contribution in [1.29, 1.82) is 0 Å². The predicted molar refractivity (Wildman–Crippen MR) is 78.4 cm³/mol. The van der Waals surface area contributed by atoms with Crippen LogP contribution in [0.2, 0.25) is 0 Å². The summed E-state index contributed by atoms with van der Waals surface area (Å²) in [7, 11) is -3.23. The van der Waals surface area contributed by atoms with Crippen molar-refractivity contribution in [3.8, 4) is 0 Å². The van der Waals surface area contributed by atoms with Gasteiger partial charge in [-0.3, -0.25) is 0 Å². The van der Waals surface area contributed by atoms with Crippen molar-refractivity contribution in [3.05, 3.63) is 18.2 Å². The number of hydrogen-bond acceptors (Lipinski definition) is 5. The van der Waals surface area contributed by atoms with Crippen LogP contribution in [-0.4, -0.2) is 39.0 Å². The van der Waals surface area contributed by atoms with E-state index in [1.54, 1.807) is 12.1 Å². The van der Waals surface area contributed by atoms with Gasteiger partial charge in [-0.25, -0.2) is 8.42 Å². The molecule has 5 nitrogen and oxygen atoms in total. The topological polar surface area (TPSA) is 83.6 Å². The zero-order valence-corrected chi connectivity index (χ0v) is 12.3. The summed E-state index contributed by atoms with van der Waals surface area (Å²) in [6, 6.07) is 4.90. The number of aliphatic hydroxyl groups excluding tert-OH is 1. The van der Waals surface area contributed by atoms with E-state index in [-0.39, 0.29) is 11.0 Å². The first-order chi connectivity index (χ1) is 9.36. The molecule has 1 saturated heterocycles. The van der Waals surface area contributed by atoms with Crippen LogP contribution < -0.4 is 10.6 Å². The highest BCUT2D eigenvalue weighted by molar-refractivity contribution is 7.90. The van der Waals surface area contributed by atoms with E-state index in [0.29, 0.717) is 17.5 Å². The lowest BCUT2D eigenvalue weighted by molar-refractivity contribution is 0.133. The van der Waals surface area contributed by atoms with E-state index in [1.165, 1.54) is 12.3 Å². The Kier molecular flexibility index (Phi) is 3.17. The van der Waals surface area contributed by atoms with E-state index < -0.39 is 9.84 Å². The Hall–Kier alpha value is -1.27. The largest absolute Gasteiger partial charge is 0.397 e. The minimum absolute atomic E-state index is 0.207. The Morgan fingerprint density at radius 1 is 1.30 bits per heavy atom. The molecule has 3 rings (SSSR count). The molecule has 1 aromatic rings. The number of hydrogen-bond donors (Lipinski definition) is 2. The lowest BCUT2D eigenvalue weighted by Gasteiger charge is -2.22. The highest BCUT2D eigenvalue weighted by Gasteiger charge is 2.42. The third kappa shape index (κ3) is 2.27. The fourth-order valence-electron chi connectivity index (χ4n) is 3.48. The molecule has 1 aliphatic heterocycles. The molecule has 110 valence electrons. The van der Waals surface area contributed by atoms with Gasteiger partial charge in [-0.2, -0.15) is 0 Å². The number of nitrogens with two attached hydrogens (primary N) is 1. The van der Waals surface area contributed by atoms with E-state index in [1.807, 2.05) is 0 Å². The summed E-state index contributed by atoms with van der Waals surface area (Å²) in [6.45, 7) is 1.69. The van der Waals surface area contributed by atoms with Crippen LogP contribution in [0.3, 0.4) is 0 Å². The number of nitrogens with zero attached hydrogens (tertiary/aromatic N) is 1. The fraction of sp³-hybridized carbons (Fsp3) is 0.571. The summed E-state index contributed by atoms with van der Waals surface area (Å²) >= 11 is 0. The number of anilines is 2. The van der Waals surface area contributed by atoms with Crippen LogP contribution in [0.5, 0.6) is 0 Å². The second-order valence-corrected chi connectivity index (χ2v) is 7.98. The Bertz CT molecular complexity index is 629. The van der Waals surface area contributed by atoms with Gasteiger partial charge in [0.25, 0.3) is 0 Å². The van der Waals surface area contributed by atoms with Gasteiger partial charge < -0.3 is 15.7 Å². The van der Waals surface area contributed by atoms with Crippen LogP contribution >= 0.6 is 0 Å². The van der Waals surface area contributed by atoms with Gasteiger partial charge in [0.2, 0.25) is 0 Å². The van der Waals surface area contributed by atoms with Crippen molar-refractivity contribution in [2.45, 2.75) is 23.8 Å². The molecular formula is C14H20N2O3S. The Labute approximate surface area is 119 Å². The first-order valence-electron chi connectivity index (χ1n) is 6.89. The Morgan fingerprint density at radius 2 is 2.05 bits per heavy atom. The molecule has 20 heavy (non-hydrogen) atoms. The van der Waals surface area contributed by atoms with Gasteiger partial charge in [0.15, 0.2) is 9.84 Å². The third-order valence-corrected chi connectivity index (χ3v) is 5.70. The second-order valence-electron chi connectivity index (χ2n) is 5.97. The van der Waals surface area contributed by atoms with E-state index in [0.717, 1.165) is 31.6 Å². The van der Waals surface area contributed by atoms with Crippen molar-refractivity contribution >= 4 is 21.2 Å². The first-order valence-corrected chi connectivity index (χ1v) is 8.78. The highest BCUT2D eigenvalue weighted by Crippen LogP contribution is 2.41. The summed E-state index contributed by atoms with van der Waals surface area (Å²) in [6.07, 6.45) is 2.93. The number of aliphatic hydroxyl groups is 1. The van der Waals surface area contributed by atoms with Crippen LogP contribution in [0.1, 0.15) is 12.8 Å². The maximum absolute atomic E-state index is 11.5. The monoisotopic (exact) mass is 296 g/mol. The Morgan fingerprint density at radius 3 is 2.65 bits per heavy atom. The maximum Gasteiger partial charge on any atom is 0.175 e. The third-order valence-electron chi connectivity index (χ3n) is 4.59. The lowest BCUT2D eigenvalue weighted by Crippen LogP contribution is -2.25. The number of rotatable bonds is 2. The first kappa shape index (κ1) is 13.7. The molecule has 1 aromatic carbocycles. The molecular weight excluding hydrogens is 276 g/mol. The summed E-state index contributed by atoms with van der Waals surface area (Å²) in [5.74, 6) is 0.850. The number of benzene rings is 1. The molecule has 0 aromatic heterocycles. The van der Waals surface area contributed by atoms with Gasteiger partial charge in [-0.1, -0.05) is 0 Å². The molecule has 0 bridgehead atoms. The molecule has 3 N–H and O–H groups in total. The van der Waals surface area contributed by atoms with E-state index in [9.17, 15) is 13.5 Å². The number of sulfone groups is 1. The highest BCUT2D eigenvalue weighted by atomic mass is 32.2. The molecule has 3 atom stereocenters. The molecule has 2 aliphatic rings. The Balaban J connectivity index is 1.86. The molecule has 6 heteroatoms. The maximum atomic E-state index is 11.5. The van der Waals surface area contributed by atoms with Gasteiger partial charge in [0.05, 0.1) is 22.4 Å². The lowest BCUT2D eigenvalue weighted by atomic mass is 10.00. The minimum atomic E-state index is -3.23. The molecule has 1 aliphatic carbocycles. The van der Waals surface area contributed by atoms with Crippen LogP contribution in [0.4, 0.5) is 11.4 Å². The molecule has 1 heterocycles. The van der Waals surface area contributed by atoms with E-state index >= 15 is 0 Å². The minimum Gasteiger partial charge on any atom is -0.397 e. The van der Waals surface area contributed by atoms with E-state index in [2.05, 4.69) is 4.90 Å². The summed E-state index contributed by atoms with van der Waals surface area (Å²) < 4.78 is 23.0. The second kappa shape index (κ2) is 4.63. The predicted octanol–water partition coefficient (Wildman–Crippen LogP) is 0.879. The van der Waals surface area contributed by atoms with Gasteiger partial charge in [0, 0.05) is 25.3 Å². The van der Waals surface area contributed by atoms with Crippen molar-refractivity contribution in [2.24, 2.45) is 11.8 Å². The summed E-state index contributed by atoms with van der Waals surface area (Å²) in [5.41, 5.74) is 7.38. The molecule has 2 fully saturated rings.